The minimum absolute atomic E-state index is 0.115. The number of unbranched alkanes of at least 4 members (excludes halogenated alkanes) is 1. The van der Waals surface area contributed by atoms with Gasteiger partial charge in [-0.05, 0) is 81.5 Å². The lowest BCUT2D eigenvalue weighted by Crippen LogP contribution is -2.26. The van der Waals surface area contributed by atoms with E-state index in [0.29, 0.717) is 6.42 Å². The number of hydrogen-bond donors (Lipinski definition) is 4. The number of aliphatic hydroxyl groups is 2. The third-order valence-electron chi connectivity index (χ3n) is 9.22. The summed E-state index contributed by atoms with van der Waals surface area (Å²) in [6.07, 6.45) is 9.19. The predicted molar refractivity (Wildman–Crippen MR) is 179 cm³/mol. The molecule has 232 valence electrons. The molecule has 2 aromatic heterocycles. The van der Waals surface area contributed by atoms with Crippen molar-refractivity contribution in [3.8, 4) is 0 Å². The third-order valence-corrected chi connectivity index (χ3v) is 9.22. The number of aryl methyl sites for hydroxylation is 2. The number of H-pyrrole nitrogens is 2. The number of aromatic nitrogens is 4. The highest BCUT2D eigenvalue weighted by molar-refractivity contribution is 5.71. The molecule has 0 saturated carbocycles. The van der Waals surface area contributed by atoms with E-state index in [1.54, 1.807) is 6.92 Å². The van der Waals surface area contributed by atoms with E-state index in [9.17, 15) is 10.2 Å². The lowest BCUT2D eigenvalue weighted by molar-refractivity contribution is 0.194. The van der Waals surface area contributed by atoms with Crippen LogP contribution in [0, 0.1) is 6.92 Å². The second-order valence-corrected chi connectivity index (χ2v) is 12.5. The van der Waals surface area contributed by atoms with Crippen molar-refractivity contribution in [3.63, 3.8) is 0 Å². The Morgan fingerprint density at radius 2 is 1.67 bits per heavy atom. The van der Waals surface area contributed by atoms with Crippen LogP contribution < -0.4 is 10.7 Å². The number of nitrogens with zero attached hydrogens (tertiary/aromatic N) is 2. The molecule has 6 atom stereocenters. The van der Waals surface area contributed by atoms with Crippen LogP contribution in [-0.2, 0) is 12.8 Å². The van der Waals surface area contributed by atoms with E-state index in [0.717, 1.165) is 75.8 Å². The molecule has 43 heavy (non-hydrogen) atoms. The smallest absolute Gasteiger partial charge is 0.0715 e. The van der Waals surface area contributed by atoms with Crippen molar-refractivity contribution < 1.29 is 10.2 Å². The number of hydrogen-bond acceptors (Lipinski definition) is 4. The van der Waals surface area contributed by atoms with Crippen molar-refractivity contribution in [2.75, 3.05) is 0 Å². The fourth-order valence-electron chi connectivity index (χ4n) is 6.73. The Hall–Kier alpha value is -3.22. The molecule has 2 aliphatic rings. The number of rotatable bonds is 8. The first-order valence-corrected chi connectivity index (χ1v) is 16.2. The standard InChI is InChI=1S/C37H52N4O2/c1-10-14-15-29-25(9)33-19-31-24(8)28(13-4)36(40-31)20-32-23(7)27(12-3)35(39-32)18-26(11-2)38-34(17-22(6)43)30(16-21(5)42)37(29)41-33/h11,13,17-22,24-25,28-29,38-39,42-43H,4,10,12,14-16H2,1-3,5-9H3/b26-11+,31-19?,32-20?,34-17+,35-18?,37-30?. The first-order chi connectivity index (χ1) is 20.5. The molecule has 6 heteroatoms. The molecule has 6 unspecified atom stereocenters. The van der Waals surface area contributed by atoms with Gasteiger partial charge in [0, 0.05) is 68.9 Å². The Balaban J connectivity index is 2.29. The summed E-state index contributed by atoms with van der Waals surface area (Å²) in [5, 5.41) is 23.1. The average Bonchev–Trinajstić information content (AvgIpc) is 3.54. The summed E-state index contributed by atoms with van der Waals surface area (Å²) in [5.41, 5.74) is 9.63. The summed E-state index contributed by atoms with van der Waals surface area (Å²) in [6, 6.07) is 6.54. The molecular weight excluding hydrogens is 532 g/mol. The predicted octanol–water partition coefficient (Wildman–Crippen LogP) is 6.63. The van der Waals surface area contributed by atoms with Crippen molar-refractivity contribution in [1.82, 2.24) is 19.9 Å². The van der Waals surface area contributed by atoms with E-state index in [4.69, 9.17) is 9.97 Å². The summed E-state index contributed by atoms with van der Waals surface area (Å²) in [4.78, 5) is 17.9. The summed E-state index contributed by atoms with van der Waals surface area (Å²) in [5.74, 6) is 0.703. The maximum absolute atomic E-state index is 10.7. The van der Waals surface area contributed by atoms with Crippen LogP contribution in [0.1, 0.15) is 131 Å². The number of aromatic amines is 2. The zero-order chi connectivity index (χ0) is 31.4. The largest absolute Gasteiger partial charge is 0.393 e. The average molecular weight is 585 g/mol. The summed E-state index contributed by atoms with van der Waals surface area (Å²) in [7, 11) is 0. The molecule has 2 aromatic rings. The van der Waals surface area contributed by atoms with E-state index >= 15 is 0 Å². The van der Waals surface area contributed by atoms with Crippen LogP contribution in [0.3, 0.4) is 0 Å². The van der Waals surface area contributed by atoms with Crippen molar-refractivity contribution in [1.29, 1.82) is 0 Å². The summed E-state index contributed by atoms with van der Waals surface area (Å²) < 4.78 is 0. The molecular formula is C37H52N4O2. The summed E-state index contributed by atoms with van der Waals surface area (Å²) in [6.45, 7) is 20.8. The SMILES string of the molecule is C=CC1c2cc3[nH]c(c/c(=C\C)[nH]/c(=C/C(C)O)c(CC(C)O)c4nc(cc(n2)C1C)C(C)C4CCCC)c(CC)c3C. The Bertz CT molecular complexity index is 1630. The highest BCUT2D eigenvalue weighted by atomic mass is 16.3. The van der Waals surface area contributed by atoms with E-state index in [1.807, 2.05) is 26.0 Å². The molecule has 4 rings (SSSR count). The highest BCUT2D eigenvalue weighted by Gasteiger charge is 2.33. The Kier molecular flexibility index (Phi) is 10.7. The van der Waals surface area contributed by atoms with Crippen LogP contribution in [0.25, 0.3) is 23.2 Å². The molecule has 4 N–H and O–H groups in total. The Morgan fingerprint density at radius 3 is 2.28 bits per heavy atom. The van der Waals surface area contributed by atoms with Gasteiger partial charge in [0.05, 0.1) is 17.9 Å². The van der Waals surface area contributed by atoms with Gasteiger partial charge in [-0.2, -0.15) is 0 Å². The highest BCUT2D eigenvalue weighted by Crippen LogP contribution is 2.43. The molecule has 6 bridgehead atoms. The van der Waals surface area contributed by atoms with Crippen LogP contribution in [0.15, 0.2) is 30.9 Å². The fraction of sp³-hybridized carbons (Fsp3) is 0.514. The van der Waals surface area contributed by atoms with E-state index in [1.165, 1.54) is 11.1 Å². The van der Waals surface area contributed by atoms with E-state index in [2.05, 4.69) is 75.4 Å². The molecule has 6 nitrogen and oxygen atoms in total. The van der Waals surface area contributed by atoms with Crippen molar-refractivity contribution in [3.05, 3.63) is 81.0 Å². The first-order valence-electron chi connectivity index (χ1n) is 16.2. The Labute approximate surface area is 257 Å². The van der Waals surface area contributed by atoms with Gasteiger partial charge in [0.1, 0.15) is 0 Å². The maximum Gasteiger partial charge on any atom is 0.0715 e. The van der Waals surface area contributed by atoms with Crippen molar-refractivity contribution in [2.24, 2.45) is 0 Å². The van der Waals surface area contributed by atoms with Crippen molar-refractivity contribution in [2.45, 2.75) is 123 Å². The van der Waals surface area contributed by atoms with Crippen LogP contribution in [-0.4, -0.2) is 42.4 Å². The van der Waals surface area contributed by atoms with E-state index in [-0.39, 0.29) is 23.7 Å². The van der Waals surface area contributed by atoms with Gasteiger partial charge in [-0.15, -0.1) is 6.58 Å². The molecule has 0 aromatic carbocycles. The fourth-order valence-corrected chi connectivity index (χ4v) is 6.73. The number of allylic oxidation sites excluding steroid dienone is 1. The van der Waals surface area contributed by atoms with Gasteiger partial charge in [-0.1, -0.05) is 52.7 Å². The monoisotopic (exact) mass is 584 g/mol. The van der Waals surface area contributed by atoms with Gasteiger partial charge in [0.2, 0.25) is 0 Å². The van der Waals surface area contributed by atoms with Gasteiger partial charge in [0.25, 0.3) is 0 Å². The number of aliphatic hydroxyl groups excluding tert-OH is 2. The van der Waals surface area contributed by atoms with Gasteiger partial charge < -0.3 is 20.2 Å². The maximum atomic E-state index is 10.7. The quantitative estimate of drug-likeness (QED) is 0.262. The molecule has 0 saturated heterocycles. The van der Waals surface area contributed by atoms with E-state index < -0.39 is 12.2 Å². The van der Waals surface area contributed by atoms with Gasteiger partial charge >= 0.3 is 0 Å². The first kappa shape index (κ1) is 32.7. The molecule has 0 aliphatic carbocycles. The normalized spacial score (nSPS) is 22.4. The molecule has 0 radical (unpaired) electrons. The number of fused-ring (bicyclic) bond motifs is 6. The minimum atomic E-state index is -0.683. The van der Waals surface area contributed by atoms with Crippen LogP contribution in [0.2, 0.25) is 0 Å². The van der Waals surface area contributed by atoms with Gasteiger partial charge in [-0.25, -0.2) is 0 Å². The van der Waals surface area contributed by atoms with Crippen LogP contribution >= 0.6 is 0 Å². The lowest BCUT2D eigenvalue weighted by Gasteiger charge is -2.19. The molecule has 4 heterocycles. The van der Waals surface area contributed by atoms with Gasteiger partial charge in [-0.3, -0.25) is 9.97 Å². The zero-order valence-electron chi connectivity index (χ0n) is 27.5. The number of nitrogens with one attached hydrogen (secondary N) is 2. The minimum Gasteiger partial charge on any atom is -0.393 e. The second-order valence-electron chi connectivity index (χ2n) is 12.5. The Morgan fingerprint density at radius 1 is 0.953 bits per heavy atom. The second kappa shape index (κ2) is 14.0. The van der Waals surface area contributed by atoms with Crippen LogP contribution in [0.4, 0.5) is 0 Å². The molecule has 2 aliphatic heterocycles. The lowest BCUT2D eigenvalue weighted by atomic mass is 9.84. The molecule has 0 spiro atoms. The zero-order valence-corrected chi connectivity index (χ0v) is 27.5. The van der Waals surface area contributed by atoms with Crippen molar-refractivity contribution >= 4 is 23.2 Å². The van der Waals surface area contributed by atoms with Crippen LogP contribution in [0.5, 0.6) is 0 Å². The summed E-state index contributed by atoms with van der Waals surface area (Å²) >= 11 is 0. The topological polar surface area (TPSA) is 97.8 Å². The molecule has 0 amide bonds. The van der Waals surface area contributed by atoms with Gasteiger partial charge in [0.15, 0.2) is 0 Å². The third kappa shape index (κ3) is 6.97. The molecule has 0 fully saturated rings.